The van der Waals surface area contributed by atoms with E-state index in [1.807, 2.05) is 99.3 Å². The quantitative estimate of drug-likeness (QED) is 0.0177. The molecule has 568 valence electrons. The number of hydrogen-bond acceptors (Lipinski definition) is 28. The number of nitrogens with one attached hydrogen (secondary N) is 8. The van der Waals surface area contributed by atoms with Crippen molar-refractivity contribution >= 4 is 23.9 Å². The second-order valence-corrected chi connectivity index (χ2v) is 30.2. The second kappa shape index (κ2) is 41.9. The summed E-state index contributed by atoms with van der Waals surface area (Å²) in [6, 6.07) is 17.1. The van der Waals surface area contributed by atoms with Crippen LogP contribution in [0.1, 0.15) is 107 Å². The monoisotopic (exact) mass is 1440 g/mol. The summed E-state index contributed by atoms with van der Waals surface area (Å²) >= 11 is 0. The van der Waals surface area contributed by atoms with Crippen LogP contribution in [0.2, 0.25) is 0 Å². The largest absolute Gasteiger partial charge is 0.461 e. The number of esters is 4. The predicted octanol–water partition coefficient (Wildman–Crippen LogP) is 4.78. The lowest BCUT2D eigenvalue weighted by Gasteiger charge is -2.39. The van der Waals surface area contributed by atoms with Gasteiger partial charge in [-0.3, -0.25) is 0 Å². The minimum absolute atomic E-state index is 0.0608. The van der Waals surface area contributed by atoms with Gasteiger partial charge in [-0.05, 0) is 152 Å². The predicted molar refractivity (Wildman–Crippen MR) is 397 cm³/mol. The van der Waals surface area contributed by atoms with Crippen LogP contribution in [0.15, 0.2) is 89.7 Å². The Morgan fingerprint density at radius 2 is 0.476 bits per heavy atom. The van der Waals surface area contributed by atoms with Crippen molar-refractivity contribution in [2.45, 2.75) is 107 Å². The third-order valence-corrected chi connectivity index (χ3v) is 19.1. The molecule has 105 heavy (non-hydrogen) atoms. The topological polar surface area (TPSA) is 405 Å². The zero-order valence-corrected chi connectivity index (χ0v) is 64.9. The third-order valence-electron chi connectivity index (χ3n) is 19.1. The van der Waals surface area contributed by atoms with Gasteiger partial charge in [0.1, 0.15) is 103 Å². The van der Waals surface area contributed by atoms with Crippen molar-refractivity contribution in [3.63, 3.8) is 0 Å². The molecule has 0 aliphatic heterocycles. The highest BCUT2D eigenvalue weighted by Crippen LogP contribution is 2.48. The Labute approximate surface area is 623 Å². The summed E-state index contributed by atoms with van der Waals surface area (Å²) in [6.07, 6.45) is 1.83. The fourth-order valence-corrected chi connectivity index (χ4v) is 13.7. The molecule has 0 bridgehead atoms. The van der Waals surface area contributed by atoms with Gasteiger partial charge in [0.05, 0.1) is 22.3 Å². The van der Waals surface area contributed by atoms with Gasteiger partial charge in [-0.2, -0.15) is 42.1 Å². The molecule has 0 aromatic carbocycles. The van der Waals surface area contributed by atoms with Crippen LogP contribution in [0.5, 0.6) is 0 Å². The van der Waals surface area contributed by atoms with Crippen molar-refractivity contribution in [2.24, 2.45) is 27.1 Å². The molecule has 8 N–H and O–H groups in total. The maximum Gasteiger partial charge on any atom is 0.349 e. The van der Waals surface area contributed by atoms with Gasteiger partial charge in [0.25, 0.3) is 0 Å². The van der Waals surface area contributed by atoms with Crippen LogP contribution >= 0.6 is 0 Å². The van der Waals surface area contributed by atoms with Crippen molar-refractivity contribution in [1.82, 2.24) is 62.1 Å². The maximum atomic E-state index is 15.3. The van der Waals surface area contributed by atoms with Crippen molar-refractivity contribution in [2.75, 3.05) is 188 Å². The lowest BCUT2D eigenvalue weighted by molar-refractivity contribution is -0.165. The zero-order valence-electron chi connectivity index (χ0n) is 64.9. The molecule has 0 fully saturated rings. The van der Waals surface area contributed by atoms with Crippen molar-refractivity contribution in [1.29, 1.82) is 42.1 Å². The van der Waals surface area contributed by atoms with E-state index in [2.05, 4.69) is 66.8 Å². The van der Waals surface area contributed by atoms with E-state index in [1.54, 1.807) is 56.4 Å². The van der Waals surface area contributed by atoms with E-state index in [0.29, 0.717) is 153 Å². The molecule has 0 aromatic heterocycles. The Hall–Kier alpha value is -9.40. The van der Waals surface area contributed by atoms with Crippen LogP contribution in [-0.4, -0.2) is 231 Å². The Balaban J connectivity index is 2.21. The number of nitrogens with zero attached hydrogens (tertiary/aromatic N) is 12. The molecule has 0 saturated heterocycles. The van der Waals surface area contributed by atoms with E-state index in [4.69, 9.17) is 18.9 Å². The minimum atomic E-state index is -2.32. The fraction of sp³-hybridized carbons (Fsp3) is 0.636. The number of nitriles is 8. The van der Waals surface area contributed by atoms with Gasteiger partial charge in [0, 0.05) is 128 Å². The second-order valence-electron chi connectivity index (χ2n) is 30.2. The van der Waals surface area contributed by atoms with Crippen LogP contribution in [-0.2, 0) is 38.1 Å². The molecule has 4 aliphatic rings. The molecule has 0 saturated carbocycles. The summed E-state index contributed by atoms with van der Waals surface area (Å²) in [6.45, 7) is 19.2. The third kappa shape index (κ3) is 24.3. The van der Waals surface area contributed by atoms with Crippen LogP contribution < -0.4 is 42.5 Å². The SMILES string of the molecule is CNCCN(CCNC)C1=C(C#N)/C(=C(/C#N)C(=O)OCC(COC(=O)/C(C#N)=C2\CC(C)(C)CC(N(CCNC)CCNC)=C2C#N)(COC(=O)/C(C#N)=C2\CC(C)(C)CC(N(CCNC)CCNC)=C2C#N)COC(=O)/C(C#N)=C2\CC(C)(C)CC(N(CCNC)CCNC)=C2C#N)CC(C)(C)C1. The molecule has 4 rings (SSSR count). The lowest BCUT2D eigenvalue weighted by Crippen LogP contribution is -2.44. The Morgan fingerprint density at radius 3 is 0.610 bits per heavy atom. The van der Waals surface area contributed by atoms with Crippen molar-refractivity contribution < 1.29 is 38.1 Å². The van der Waals surface area contributed by atoms with Gasteiger partial charge in [-0.1, -0.05) is 55.4 Å². The number of rotatable bonds is 40. The first-order valence-corrected chi connectivity index (χ1v) is 35.9. The Bertz CT molecular complexity index is 3250. The van der Waals surface area contributed by atoms with Gasteiger partial charge >= 0.3 is 23.9 Å². The van der Waals surface area contributed by atoms with Crippen LogP contribution in [0.25, 0.3) is 0 Å². The van der Waals surface area contributed by atoms with Crippen LogP contribution in [0, 0.1) is 118 Å². The molecule has 0 amide bonds. The summed E-state index contributed by atoms with van der Waals surface area (Å²) in [7, 11) is 14.4. The van der Waals surface area contributed by atoms with Gasteiger partial charge in [-0.15, -0.1) is 0 Å². The molecule has 0 radical (unpaired) electrons. The minimum Gasteiger partial charge on any atom is -0.461 e. The number of likely N-dealkylation sites (N-methyl/N-ethyl adjacent to an activating group) is 8. The van der Waals surface area contributed by atoms with Crippen molar-refractivity contribution in [3.05, 3.63) is 89.7 Å². The summed E-state index contributed by atoms with van der Waals surface area (Å²) in [4.78, 5) is 69.2. The standard InChI is InChI=1S/C77H112N20O8/c1-73(2)33-53(57(41-78)65(37-73)94(25-17-86-9)26-18-87-10)61(45-82)69(98)102-49-77(50-103-70(99)62(46-83)54-34-74(3,4)38-66(58(54)42-79)95(27-19-88-11)28-20-89-12,51-104-71(100)63(47-84)55-35-75(5,6)39-67(59(55)43-80)96(29-21-90-13)30-22-91-14)52-105-72(101)64(48-85)56-36-76(7,8)40-68(60(56)44-81)97(31-23-92-15)32-24-93-16/h86-93H,17-40,49-52H2,1-16H3/b61-53-,62-54+,63-55+,64-56+. The number of allylic oxidation sites excluding steroid dienone is 12. The zero-order chi connectivity index (χ0) is 78.3. The van der Waals surface area contributed by atoms with E-state index in [9.17, 15) is 42.1 Å². The van der Waals surface area contributed by atoms with E-state index in [0.717, 1.165) is 0 Å². The Kier molecular flexibility index (Phi) is 35.1. The van der Waals surface area contributed by atoms with Gasteiger partial charge in [0.2, 0.25) is 0 Å². The fourth-order valence-electron chi connectivity index (χ4n) is 13.7. The highest BCUT2D eigenvalue weighted by atomic mass is 16.6. The van der Waals surface area contributed by atoms with E-state index in [1.165, 1.54) is 0 Å². The van der Waals surface area contributed by atoms with E-state index < -0.39 is 99.7 Å². The van der Waals surface area contributed by atoms with Crippen LogP contribution in [0.3, 0.4) is 0 Å². The van der Waals surface area contributed by atoms with E-state index in [-0.39, 0.29) is 70.3 Å². The van der Waals surface area contributed by atoms with Crippen molar-refractivity contribution in [3.8, 4) is 48.6 Å². The summed E-state index contributed by atoms with van der Waals surface area (Å²) in [5.41, 5.74) is -4.13. The van der Waals surface area contributed by atoms with Crippen LogP contribution in [0.4, 0.5) is 0 Å². The molecule has 28 nitrogen and oxygen atoms in total. The number of ether oxygens (including phenoxy) is 4. The average Bonchev–Trinajstić information content (AvgIpc) is 0.795. The van der Waals surface area contributed by atoms with Gasteiger partial charge in [0.15, 0.2) is 0 Å². The summed E-state index contributed by atoms with van der Waals surface area (Å²) in [5.74, 6) is -5.14. The molecule has 0 heterocycles. The molecular weight excluding hydrogens is 1330 g/mol. The number of hydrogen-bond donors (Lipinski definition) is 8. The smallest absolute Gasteiger partial charge is 0.349 e. The summed E-state index contributed by atoms with van der Waals surface area (Å²) < 4.78 is 24.9. The summed E-state index contributed by atoms with van der Waals surface area (Å²) in [5, 5.41) is 114. The van der Waals surface area contributed by atoms with Gasteiger partial charge in [-0.25, -0.2) is 19.2 Å². The van der Waals surface area contributed by atoms with Gasteiger partial charge < -0.3 is 81.1 Å². The first-order chi connectivity index (χ1) is 50.0. The number of carbonyl (C=O) groups excluding carboxylic acids is 4. The number of carbonyl (C=O) groups is 4. The molecule has 0 atom stereocenters. The first-order valence-electron chi connectivity index (χ1n) is 35.9. The average molecular weight is 1450 g/mol. The Morgan fingerprint density at radius 1 is 0.314 bits per heavy atom. The molecule has 0 spiro atoms. The maximum absolute atomic E-state index is 15.3. The molecule has 4 aliphatic carbocycles. The molecular formula is C77H112N20O8. The highest BCUT2D eigenvalue weighted by Gasteiger charge is 2.45. The molecule has 0 aromatic rings. The van der Waals surface area contributed by atoms with E-state index >= 15 is 19.2 Å². The molecule has 0 unspecified atom stereocenters. The first kappa shape index (κ1) is 88.0. The normalized spacial score (nSPS) is 18.6. The highest BCUT2D eigenvalue weighted by molar-refractivity contribution is 5.97. The molecule has 28 heteroatoms. The lowest BCUT2D eigenvalue weighted by atomic mass is 9.72.